The summed E-state index contributed by atoms with van der Waals surface area (Å²) in [5.41, 5.74) is 1.08. The molecule has 0 aromatic heterocycles. The van der Waals surface area contributed by atoms with E-state index in [1.807, 2.05) is 19.9 Å². The molecule has 0 aliphatic rings. The van der Waals surface area contributed by atoms with Crippen molar-refractivity contribution in [1.29, 1.82) is 5.26 Å². The van der Waals surface area contributed by atoms with Gasteiger partial charge in [-0.25, -0.2) is 0 Å². The summed E-state index contributed by atoms with van der Waals surface area (Å²) in [6.45, 7) is 3.94. The Morgan fingerprint density at radius 2 is 2.04 bits per heavy atom. The standard InChI is InChI=1S/C21H20BrClN2O3/c1-4-13(2)28-20-18(23)10-14(11-19(20)27-3)9-15(12-24)21(26)25-17-7-5-16(22)6-8-17/h5-11,13H,4H2,1-3H3,(H,25,26)/b15-9-/t13-/m1/s1. The van der Waals surface area contributed by atoms with E-state index in [-0.39, 0.29) is 11.7 Å². The molecule has 1 amide bonds. The molecule has 1 N–H and O–H groups in total. The highest BCUT2D eigenvalue weighted by molar-refractivity contribution is 9.10. The SMILES string of the molecule is CC[C@@H](C)Oc1c(Cl)cc(/C=C(/C#N)C(=O)Nc2ccc(Br)cc2)cc1OC. The van der Waals surface area contributed by atoms with Crippen LogP contribution in [-0.4, -0.2) is 19.1 Å². The van der Waals surface area contributed by atoms with Crippen molar-refractivity contribution in [3.63, 3.8) is 0 Å². The van der Waals surface area contributed by atoms with Crippen LogP contribution in [0.15, 0.2) is 46.4 Å². The van der Waals surface area contributed by atoms with Gasteiger partial charge in [0.15, 0.2) is 11.5 Å². The van der Waals surface area contributed by atoms with E-state index >= 15 is 0 Å². The lowest BCUT2D eigenvalue weighted by Gasteiger charge is -2.17. The maximum Gasteiger partial charge on any atom is 0.266 e. The van der Waals surface area contributed by atoms with Gasteiger partial charge in [0.2, 0.25) is 0 Å². The van der Waals surface area contributed by atoms with Crippen molar-refractivity contribution in [1.82, 2.24) is 0 Å². The number of halogens is 2. The average molecular weight is 464 g/mol. The highest BCUT2D eigenvalue weighted by Gasteiger charge is 2.16. The second kappa shape index (κ2) is 10.2. The van der Waals surface area contributed by atoms with Crippen LogP contribution in [0.2, 0.25) is 5.02 Å². The van der Waals surface area contributed by atoms with Crippen LogP contribution in [0.5, 0.6) is 11.5 Å². The molecule has 5 nitrogen and oxygen atoms in total. The molecule has 0 saturated heterocycles. The van der Waals surface area contributed by atoms with Gasteiger partial charge in [-0.15, -0.1) is 0 Å². The maximum absolute atomic E-state index is 12.4. The number of anilines is 1. The molecule has 0 heterocycles. The molecule has 0 fully saturated rings. The Morgan fingerprint density at radius 1 is 1.36 bits per heavy atom. The van der Waals surface area contributed by atoms with Crippen LogP contribution in [0.3, 0.4) is 0 Å². The smallest absolute Gasteiger partial charge is 0.266 e. The van der Waals surface area contributed by atoms with E-state index < -0.39 is 5.91 Å². The molecule has 0 radical (unpaired) electrons. The van der Waals surface area contributed by atoms with Crippen LogP contribution < -0.4 is 14.8 Å². The van der Waals surface area contributed by atoms with Gasteiger partial charge in [-0.2, -0.15) is 5.26 Å². The highest BCUT2D eigenvalue weighted by atomic mass is 79.9. The fourth-order valence-electron chi connectivity index (χ4n) is 2.27. The highest BCUT2D eigenvalue weighted by Crippen LogP contribution is 2.38. The van der Waals surface area contributed by atoms with Gasteiger partial charge in [-0.3, -0.25) is 4.79 Å². The number of methoxy groups -OCH3 is 1. The fourth-order valence-corrected chi connectivity index (χ4v) is 2.80. The number of nitriles is 1. The van der Waals surface area contributed by atoms with E-state index in [1.54, 1.807) is 36.4 Å². The molecule has 0 aliphatic heterocycles. The molecule has 0 aliphatic carbocycles. The van der Waals surface area contributed by atoms with Crippen molar-refractivity contribution in [2.24, 2.45) is 0 Å². The van der Waals surface area contributed by atoms with Crippen LogP contribution >= 0.6 is 27.5 Å². The number of carbonyl (C=O) groups excluding carboxylic acids is 1. The zero-order chi connectivity index (χ0) is 20.7. The van der Waals surface area contributed by atoms with Crippen molar-refractivity contribution >= 4 is 45.2 Å². The first-order valence-electron chi connectivity index (χ1n) is 8.60. The van der Waals surface area contributed by atoms with Gasteiger partial charge >= 0.3 is 0 Å². The third-order valence-electron chi connectivity index (χ3n) is 3.92. The average Bonchev–Trinajstić information content (AvgIpc) is 2.69. The molecule has 146 valence electrons. The lowest BCUT2D eigenvalue weighted by molar-refractivity contribution is -0.112. The molecule has 0 bridgehead atoms. The number of hydrogen-bond donors (Lipinski definition) is 1. The quantitative estimate of drug-likeness (QED) is 0.414. The van der Waals surface area contributed by atoms with Crippen molar-refractivity contribution in [2.45, 2.75) is 26.4 Å². The van der Waals surface area contributed by atoms with Gasteiger partial charge in [-0.05, 0) is 61.4 Å². The Bertz CT molecular complexity index is 920. The minimum absolute atomic E-state index is 0.0286. The number of benzene rings is 2. The molecule has 2 aromatic rings. The lowest BCUT2D eigenvalue weighted by atomic mass is 10.1. The maximum atomic E-state index is 12.4. The van der Waals surface area contributed by atoms with E-state index in [9.17, 15) is 10.1 Å². The minimum atomic E-state index is -0.514. The Labute approximate surface area is 178 Å². The summed E-state index contributed by atoms with van der Waals surface area (Å²) < 4.78 is 12.1. The number of hydrogen-bond acceptors (Lipinski definition) is 4. The summed E-state index contributed by atoms with van der Waals surface area (Å²) >= 11 is 9.68. The Morgan fingerprint density at radius 3 is 2.61 bits per heavy atom. The van der Waals surface area contributed by atoms with E-state index in [0.717, 1.165) is 10.9 Å². The summed E-state index contributed by atoms with van der Waals surface area (Å²) in [4.78, 5) is 12.4. The molecule has 0 unspecified atom stereocenters. The van der Waals surface area contributed by atoms with Gasteiger partial charge in [0.25, 0.3) is 5.91 Å². The molecular formula is C21H20BrClN2O3. The predicted molar refractivity (Wildman–Crippen MR) is 115 cm³/mol. The topological polar surface area (TPSA) is 71.3 Å². The summed E-state index contributed by atoms with van der Waals surface area (Å²) in [6, 6.07) is 12.3. The Hall–Kier alpha value is -2.49. The van der Waals surface area contributed by atoms with E-state index in [1.165, 1.54) is 13.2 Å². The van der Waals surface area contributed by atoms with Crippen molar-refractivity contribution in [3.8, 4) is 17.6 Å². The van der Waals surface area contributed by atoms with Crippen LogP contribution in [0, 0.1) is 11.3 Å². The third kappa shape index (κ3) is 5.75. The number of ether oxygens (including phenoxy) is 2. The zero-order valence-electron chi connectivity index (χ0n) is 15.8. The summed E-state index contributed by atoms with van der Waals surface area (Å²) in [6.07, 6.45) is 2.24. The first kappa shape index (κ1) is 21.8. The van der Waals surface area contributed by atoms with Crippen molar-refractivity contribution in [2.75, 3.05) is 12.4 Å². The van der Waals surface area contributed by atoms with Crippen LogP contribution in [0.4, 0.5) is 5.69 Å². The summed E-state index contributed by atoms with van der Waals surface area (Å²) in [7, 11) is 1.51. The number of amides is 1. The Balaban J connectivity index is 2.30. The monoisotopic (exact) mass is 462 g/mol. The van der Waals surface area contributed by atoms with E-state index in [4.69, 9.17) is 21.1 Å². The molecule has 0 spiro atoms. The normalized spacial score (nSPS) is 12.1. The third-order valence-corrected chi connectivity index (χ3v) is 4.73. The van der Waals surface area contributed by atoms with Gasteiger partial charge < -0.3 is 14.8 Å². The van der Waals surface area contributed by atoms with Crippen LogP contribution in [0.25, 0.3) is 6.08 Å². The molecule has 7 heteroatoms. The summed E-state index contributed by atoms with van der Waals surface area (Å²) in [5, 5.41) is 12.4. The van der Waals surface area contributed by atoms with Crippen molar-refractivity contribution < 1.29 is 14.3 Å². The molecular weight excluding hydrogens is 444 g/mol. The van der Waals surface area contributed by atoms with Crippen LogP contribution in [0.1, 0.15) is 25.8 Å². The van der Waals surface area contributed by atoms with Crippen LogP contribution in [-0.2, 0) is 4.79 Å². The predicted octanol–water partition coefficient (Wildman–Crippen LogP) is 5.83. The number of rotatable bonds is 7. The van der Waals surface area contributed by atoms with E-state index in [0.29, 0.717) is 27.8 Å². The molecule has 1 atom stereocenters. The fraction of sp³-hybridized carbons (Fsp3) is 0.238. The van der Waals surface area contributed by atoms with Gasteiger partial charge in [0, 0.05) is 10.2 Å². The number of nitrogens with zero attached hydrogens (tertiary/aromatic N) is 1. The van der Waals surface area contributed by atoms with Gasteiger partial charge in [-0.1, -0.05) is 34.5 Å². The second-order valence-electron chi connectivity index (χ2n) is 6.00. The first-order valence-corrected chi connectivity index (χ1v) is 9.77. The lowest BCUT2D eigenvalue weighted by Crippen LogP contribution is -2.13. The minimum Gasteiger partial charge on any atom is -0.493 e. The molecule has 2 rings (SSSR count). The second-order valence-corrected chi connectivity index (χ2v) is 7.32. The largest absolute Gasteiger partial charge is 0.493 e. The number of nitrogens with one attached hydrogen (secondary N) is 1. The first-order chi connectivity index (χ1) is 13.4. The Kier molecular flexibility index (Phi) is 7.91. The zero-order valence-corrected chi connectivity index (χ0v) is 18.1. The summed E-state index contributed by atoms with van der Waals surface area (Å²) in [5.74, 6) is 0.359. The number of carbonyl (C=O) groups is 1. The van der Waals surface area contributed by atoms with Gasteiger partial charge in [0.05, 0.1) is 18.2 Å². The van der Waals surface area contributed by atoms with Gasteiger partial charge in [0.1, 0.15) is 11.6 Å². The molecule has 0 saturated carbocycles. The van der Waals surface area contributed by atoms with Crippen molar-refractivity contribution in [3.05, 3.63) is 57.0 Å². The molecule has 28 heavy (non-hydrogen) atoms. The van der Waals surface area contributed by atoms with E-state index in [2.05, 4.69) is 21.2 Å². The molecule has 2 aromatic carbocycles.